The molecular weight excluding hydrogens is 272 g/mol. The van der Waals surface area contributed by atoms with Crippen LogP contribution >= 0.6 is 0 Å². The number of hydrogen-bond donors (Lipinski definition) is 2. The summed E-state index contributed by atoms with van der Waals surface area (Å²) in [6.45, 7) is 10.0. The molecule has 2 rings (SSSR count). The zero-order chi connectivity index (χ0) is 15.9. The van der Waals surface area contributed by atoms with Crippen molar-refractivity contribution in [2.45, 2.75) is 33.8 Å². The number of nitrogens with one attached hydrogen (secondary N) is 2. The van der Waals surface area contributed by atoms with Gasteiger partial charge in [0.25, 0.3) is 0 Å². The number of aryl methyl sites for hydroxylation is 2. The van der Waals surface area contributed by atoms with Gasteiger partial charge in [-0.2, -0.15) is 0 Å². The third-order valence-corrected chi connectivity index (χ3v) is 3.24. The Hall–Kier alpha value is -2.16. The van der Waals surface area contributed by atoms with Crippen molar-refractivity contribution in [2.75, 3.05) is 23.7 Å². The van der Waals surface area contributed by atoms with Crippen LogP contribution in [0.5, 0.6) is 5.75 Å². The minimum atomic E-state index is 0.177. The molecule has 0 heterocycles. The molecule has 0 aliphatic heterocycles. The fraction of sp³-hybridized carbons (Fsp3) is 0.368. The van der Waals surface area contributed by atoms with Crippen molar-refractivity contribution in [3.05, 3.63) is 53.6 Å². The monoisotopic (exact) mass is 298 g/mol. The van der Waals surface area contributed by atoms with E-state index in [2.05, 4.69) is 48.7 Å². The minimum Gasteiger partial charge on any atom is -0.489 e. The van der Waals surface area contributed by atoms with Crippen LogP contribution in [0.15, 0.2) is 42.5 Å². The average molecular weight is 298 g/mol. The van der Waals surface area contributed by atoms with E-state index in [1.54, 1.807) is 0 Å². The Morgan fingerprint density at radius 2 is 1.55 bits per heavy atom. The highest BCUT2D eigenvalue weighted by Crippen LogP contribution is 2.24. The lowest BCUT2D eigenvalue weighted by molar-refractivity contribution is 0.243. The topological polar surface area (TPSA) is 33.3 Å². The molecule has 0 aromatic heterocycles. The molecule has 0 amide bonds. The van der Waals surface area contributed by atoms with Gasteiger partial charge in [0.15, 0.2) is 0 Å². The molecule has 22 heavy (non-hydrogen) atoms. The van der Waals surface area contributed by atoms with Gasteiger partial charge in [-0.05, 0) is 63.1 Å². The first-order valence-corrected chi connectivity index (χ1v) is 7.86. The Bertz CT molecular complexity index is 588. The summed E-state index contributed by atoms with van der Waals surface area (Å²) in [6.07, 6.45) is 0.177. The molecule has 118 valence electrons. The van der Waals surface area contributed by atoms with E-state index in [1.807, 2.05) is 32.0 Å². The summed E-state index contributed by atoms with van der Waals surface area (Å²) >= 11 is 0. The van der Waals surface area contributed by atoms with Crippen molar-refractivity contribution < 1.29 is 4.74 Å². The van der Waals surface area contributed by atoms with Crippen LogP contribution in [0, 0.1) is 13.8 Å². The molecule has 0 aliphatic carbocycles. The summed E-state index contributed by atoms with van der Waals surface area (Å²) in [5, 5.41) is 6.88. The minimum absolute atomic E-state index is 0.177. The zero-order valence-electron chi connectivity index (χ0n) is 13.9. The van der Waals surface area contributed by atoms with E-state index in [9.17, 15) is 0 Å². The molecule has 3 heteroatoms. The summed E-state index contributed by atoms with van der Waals surface area (Å²) in [7, 11) is 0. The summed E-state index contributed by atoms with van der Waals surface area (Å²) in [5.74, 6) is 0.906. The number of ether oxygens (including phenoxy) is 1. The number of rotatable bonds is 7. The molecule has 0 saturated carbocycles. The lowest BCUT2D eigenvalue weighted by Crippen LogP contribution is -2.15. The van der Waals surface area contributed by atoms with Crippen LogP contribution in [-0.4, -0.2) is 19.2 Å². The maximum absolute atomic E-state index is 5.81. The van der Waals surface area contributed by atoms with Crippen molar-refractivity contribution in [2.24, 2.45) is 0 Å². The quantitative estimate of drug-likeness (QED) is 0.732. The lowest BCUT2D eigenvalue weighted by Gasteiger charge is -2.16. The van der Waals surface area contributed by atoms with Crippen LogP contribution in [0.1, 0.15) is 25.0 Å². The van der Waals surface area contributed by atoms with Gasteiger partial charge in [-0.15, -0.1) is 0 Å². The van der Waals surface area contributed by atoms with Gasteiger partial charge in [-0.1, -0.05) is 18.2 Å². The predicted molar refractivity (Wildman–Crippen MR) is 95.1 cm³/mol. The molecule has 2 aromatic carbocycles. The third kappa shape index (κ3) is 4.99. The second-order valence-corrected chi connectivity index (χ2v) is 5.89. The lowest BCUT2D eigenvalue weighted by atomic mass is 10.1. The Balaban J connectivity index is 1.86. The highest BCUT2D eigenvalue weighted by molar-refractivity contribution is 5.56. The van der Waals surface area contributed by atoms with Gasteiger partial charge < -0.3 is 15.4 Å². The largest absolute Gasteiger partial charge is 0.489 e. The van der Waals surface area contributed by atoms with Crippen molar-refractivity contribution in [3.63, 3.8) is 0 Å². The van der Waals surface area contributed by atoms with E-state index < -0.39 is 0 Å². The van der Waals surface area contributed by atoms with Gasteiger partial charge in [0.1, 0.15) is 5.75 Å². The first-order chi connectivity index (χ1) is 10.5. The zero-order valence-corrected chi connectivity index (χ0v) is 13.9. The highest BCUT2D eigenvalue weighted by atomic mass is 16.5. The molecule has 0 radical (unpaired) electrons. The van der Waals surface area contributed by atoms with Gasteiger partial charge in [0, 0.05) is 18.8 Å². The second kappa shape index (κ2) is 7.74. The maximum Gasteiger partial charge on any atom is 0.142 e. The number of benzene rings is 2. The van der Waals surface area contributed by atoms with Gasteiger partial charge in [0.2, 0.25) is 0 Å². The Kier molecular flexibility index (Phi) is 5.70. The Morgan fingerprint density at radius 1 is 0.909 bits per heavy atom. The van der Waals surface area contributed by atoms with Crippen molar-refractivity contribution in [1.82, 2.24) is 0 Å². The van der Waals surface area contributed by atoms with Crippen molar-refractivity contribution in [1.29, 1.82) is 0 Å². The first kappa shape index (κ1) is 16.2. The summed E-state index contributed by atoms with van der Waals surface area (Å²) < 4.78 is 5.81. The molecule has 2 N–H and O–H groups in total. The van der Waals surface area contributed by atoms with E-state index in [4.69, 9.17) is 4.74 Å². The van der Waals surface area contributed by atoms with Crippen LogP contribution in [0.25, 0.3) is 0 Å². The molecule has 2 aromatic rings. The predicted octanol–water partition coefficient (Wildman–Crippen LogP) is 4.61. The molecule has 0 spiro atoms. The summed E-state index contributed by atoms with van der Waals surface area (Å²) in [6, 6.07) is 14.6. The fourth-order valence-electron chi connectivity index (χ4n) is 2.45. The van der Waals surface area contributed by atoms with Gasteiger partial charge in [0.05, 0.1) is 11.8 Å². The summed E-state index contributed by atoms with van der Waals surface area (Å²) in [4.78, 5) is 0. The van der Waals surface area contributed by atoms with Crippen LogP contribution in [-0.2, 0) is 0 Å². The molecule has 0 atom stereocenters. The van der Waals surface area contributed by atoms with E-state index in [0.717, 1.165) is 24.5 Å². The summed E-state index contributed by atoms with van der Waals surface area (Å²) in [5.41, 5.74) is 4.78. The van der Waals surface area contributed by atoms with Crippen LogP contribution in [0.4, 0.5) is 11.4 Å². The molecule has 0 fully saturated rings. The first-order valence-electron chi connectivity index (χ1n) is 7.86. The van der Waals surface area contributed by atoms with E-state index in [1.165, 1.54) is 16.8 Å². The fourth-order valence-corrected chi connectivity index (χ4v) is 2.45. The number of anilines is 2. The van der Waals surface area contributed by atoms with Gasteiger partial charge in [-0.3, -0.25) is 0 Å². The standard InChI is InChI=1S/C19H26N2O/c1-14(2)22-19-8-6-5-7-18(19)21-10-9-20-17-12-15(3)11-16(4)13-17/h5-8,11-14,20-21H,9-10H2,1-4H3. The molecule has 0 saturated heterocycles. The van der Waals surface area contributed by atoms with Crippen molar-refractivity contribution >= 4 is 11.4 Å². The van der Waals surface area contributed by atoms with Crippen LogP contribution in [0.2, 0.25) is 0 Å². The number of para-hydroxylation sites is 2. The molecular formula is C19H26N2O. The van der Waals surface area contributed by atoms with Crippen LogP contribution < -0.4 is 15.4 Å². The normalized spacial score (nSPS) is 10.6. The molecule has 3 nitrogen and oxygen atoms in total. The van der Waals surface area contributed by atoms with E-state index in [0.29, 0.717) is 0 Å². The third-order valence-electron chi connectivity index (χ3n) is 3.24. The molecule has 0 aliphatic rings. The maximum atomic E-state index is 5.81. The average Bonchev–Trinajstić information content (AvgIpc) is 2.43. The van der Waals surface area contributed by atoms with Crippen molar-refractivity contribution in [3.8, 4) is 5.75 Å². The molecule has 0 bridgehead atoms. The van der Waals surface area contributed by atoms with E-state index in [-0.39, 0.29) is 6.10 Å². The molecule has 0 unspecified atom stereocenters. The van der Waals surface area contributed by atoms with Crippen LogP contribution in [0.3, 0.4) is 0 Å². The number of hydrogen-bond acceptors (Lipinski definition) is 3. The van der Waals surface area contributed by atoms with Gasteiger partial charge in [-0.25, -0.2) is 0 Å². The smallest absolute Gasteiger partial charge is 0.142 e. The second-order valence-electron chi connectivity index (χ2n) is 5.89. The SMILES string of the molecule is Cc1cc(C)cc(NCCNc2ccccc2OC(C)C)c1. The Labute approximate surface area is 133 Å². The Morgan fingerprint density at radius 3 is 2.23 bits per heavy atom. The highest BCUT2D eigenvalue weighted by Gasteiger charge is 2.04. The van der Waals surface area contributed by atoms with Gasteiger partial charge >= 0.3 is 0 Å². The van der Waals surface area contributed by atoms with E-state index >= 15 is 0 Å².